The first-order valence-corrected chi connectivity index (χ1v) is 15.8. The van der Waals surface area contributed by atoms with Gasteiger partial charge in [0.1, 0.15) is 23.0 Å². The van der Waals surface area contributed by atoms with E-state index in [1.807, 2.05) is 50.2 Å². The van der Waals surface area contributed by atoms with Crippen LogP contribution in [0.25, 0.3) is 0 Å². The third-order valence-electron chi connectivity index (χ3n) is 8.59. The molecule has 4 aliphatic rings. The van der Waals surface area contributed by atoms with E-state index in [1.165, 1.54) is 24.9 Å². The van der Waals surface area contributed by atoms with Gasteiger partial charge in [0.05, 0.1) is 29.7 Å². The molecule has 1 N–H and O–H groups in total. The maximum absolute atomic E-state index is 13.3. The minimum absolute atomic E-state index is 0.0533. The molecule has 0 spiro atoms. The van der Waals surface area contributed by atoms with Gasteiger partial charge in [0.2, 0.25) is 0 Å². The standard InChI is InChI=1S/C18H16FN3.C13H14N2.C5H3BrFN/c1-13-3-2-4-16(21-13)5-6-18-8-14(18)11-22(12-18)17-7-15(19)9-20-10-17;1-10-3-2-4-12(15-10)5-6-13-7-11(13)8-14-9-13;6-4-1-5(7)3-8-2-4/h2-4,7,9-10,14H,8,11-12H2,1H3;2-4,11,14H,7-9H2,1H3;1-3H. The largest absolute Gasteiger partial charge is 0.368 e. The summed E-state index contributed by atoms with van der Waals surface area (Å²) in [4.78, 5) is 18.5. The van der Waals surface area contributed by atoms with E-state index in [0.717, 1.165) is 73.2 Å². The second-order valence-electron chi connectivity index (χ2n) is 12.1. The molecular weight excluding hydrogens is 634 g/mol. The molecule has 6 heterocycles. The Morgan fingerprint density at radius 1 is 0.822 bits per heavy atom. The molecule has 4 fully saturated rings. The number of rotatable bonds is 1. The fourth-order valence-corrected chi connectivity index (χ4v) is 6.30. The third-order valence-corrected chi connectivity index (χ3v) is 9.03. The molecule has 2 aliphatic carbocycles. The molecular formula is C36H33BrF2N6. The van der Waals surface area contributed by atoms with Gasteiger partial charge in [-0.15, -0.1) is 0 Å². The van der Waals surface area contributed by atoms with Crippen molar-refractivity contribution in [2.75, 3.05) is 31.1 Å². The Kier molecular flexibility index (Phi) is 8.94. The average Bonchev–Trinajstić information content (AvgIpc) is 3.80. The number of pyridine rings is 4. The first-order valence-electron chi connectivity index (χ1n) is 15.0. The highest BCUT2D eigenvalue weighted by molar-refractivity contribution is 9.10. The van der Waals surface area contributed by atoms with Gasteiger partial charge >= 0.3 is 0 Å². The summed E-state index contributed by atoms with van der Waals surface area (Å²) < 4.78 is 26.0. The summed E-state index contributed by atoms with van der Waals surface area (Å²) in [6, 6.07) is 14.8. The van der Waals surface area contributed by atoms with Crippen molar-refractivity contribution in [3.05, 3.63) is 112 Å². The van der Waals surface area contributed by atoms with Gasteiger partial charge in [0.25, 0.3) is 0 Å². The van der Waals surface area contributed by atoms with Crippen LogP contribution in [0.5, 0.6) is 0 Å². The topological polar surface area (TPSA) is 66.8 Å². The molecule has 0 bridgehead atoms. The minimum atomic E-state index is -0.320. The van der Waals surface area contributed by atoms with Crippen molar-refractivity contribution in [2.45, 2.75) is 26.7 Å². The predicted octanol–water partition coefficient (Wildman–Crippen LogP) is 6.14. The summed E-state index contributed by atoms with van der Waals surface area (Å²) >= 11 is 3.06. The number of nitrogens with zero attached hydrogens (tertiary/aromatic N) is 5. The van der Waals surface area contributed by atoms with Crippen LogP contribution in [0, 0.1) is 71.8 Å². The van der Waals surface area contributed by atoms with Crippen molar-refractivity contribution in [2.24, 2.45) is 22.7 Å². The van der Waals surface area contributed by atoms with Crippen LogP contribution >= 0.6 is 15.9 Å². The Balaban J connectivity index is 0.000000134. The van der Waals surface area contributed by atoms with Crippen molar-refractivity contribution >= 4 is 21.6 Å². The number of fused-ring (bicyclic) bond motifs is 2. The number of aromatic nitrogens is 4. The molecule has 4 atom stereocenters. The summed E-state index contributed by atoms with van der Waals surface area (Å²) in [5.41, 5.74) is 4.95. The molecule has 4 aromatic heterocycles. The van der Waals surface area contributed by atoms with Gasteiger partial charge in [-0.25, -0.2) is 18.7 Å². The lowest BCUT2D eigenvalue weighted by Gasteiger charge is -2.20. The van der Waals surface area contributed by atoms with Crippen molar-refractivity contribution in [3.8, 4) is 23.7 Å². The molecule has 8 rings (SSSR count). The molecule has 9 heteroatoms. The predicted molar refractivity (Wildman–Crippen MR) is 174 cm³/mol. The minimum Gasteiger partial charge on any atom is -0.368 e. The highest BCUT2D eigenvalue weighted by Crippen LogP contribution is 2.58. The molecule has 2 aliphatic heterocycles. The molecule has 0 radical (unpaired) electrons. The first kappa shape index (κ1) is 30.8. The van der Waals surface area contributed by atoms with Crippen molar-refractivity contribution in [1.82, 2.24) is 25.3 Å². The first-order chi connectivity index (χ1) is 21.7. The molecule has 228 valence electrons. The van der Waals surface area contributed by atoms with Crippen LogP contribution in [-0.2, 0) is 0 Å². The van der Waals surface area contributed by atoms with Crippen LogP contribution in [0.15, 0.2) is 77.8 Å². The SMILES string of the molecule is Cc1cccc(C#CC23CC2CN(c2cncc(F)c2)C3)n1.Cc1cccc(C#CC23CNCC2C3)n1.Fc1cncc(Br)c1. The van der Waals surface area contributed by atoms with Crippen LogP contribution in [0.4, 0.5) is 14.5 Å². The summed E-state index contributed by atoms with van der Waals surface area (Å²) in [7, 11) is 0. The lowest BCUT2D eigenvalue weighted by Crippen LogP contribution is -2.24. The Morgan fingerprint density at radius 3 is 1.98 bits per heavy atom. The summed E-state index contributed by atoms with van der Waals surface area (Å²) in [6.45, 7) is 7.97. The Hall–Kier alpha value is -4.18. The zero-order valence-corrected chi connectivity index (χ0v) is 26.8. The second kappa shape index (κ2) is 13.0. The van der Waals surface area contributed by atoms with Crippen molar-refractivity contribution < 1.29 is 8.78 Å². The highest BCUT2D eigenvalue weighted by Gasteiger charge is 2.59. The zero-order valence-electron chi connectivity index (χ0n) is 25.2. The number of anilines is 1. The van der Waals surface area contributed by atoms with Crippen LogP contribution in [0.2, 0.25) is 0 Å². The average molecular weight is 668 g/mol. The monoisotopic (exact) mass is 666 g/mol. The van der Waals surface area contributed by atoms with E-state index >= 15 is 0 Å². The van der Waals surface area contributed by atoms with Crippen LogP contribution in [-0.4, -0.2) is 46.1 Å². The van der Waals surface area contributed by atoms with Gasteiger partial charge in [-0.2, -0.15) is 0 Å². The Morgan fingerprint density at radius 2 is 1.44 bits per heavy atom. The number of piperidine rings is 2. The lowest BCUT2D eigenvalue weighted by molar-refractivity contribution is 0.619. The number of nitrogens with one attached hydrogen (secondary N) is 1. The normalized spacial score (nSPS) is 24.6. The molecule has 0 amide bonds. The molecule has 2 saturated carbocycles. The van der Waals surface area contributed by atoms with E-state index in [2.05, 4.69) is 69.8 Å². The molecule has 2 saturated heterocycles. The van der Waals surface area contributed by atoms with Gasteiger partial charge in [0.15, 0.2) is 0 Å². The fraction of sp³-hybridized carbons (Fsp3) is 0.333. The highest BCUT2D eigenvalue weighted by atomic mass is 79.9. The Bertz CT molecular complexity index is 1810. The molecule has 6 nitrogen and oxygen atoms in total. The van der Waals surface area contributed by atoms with Crippen molar-refractivity contribution in [3.63, 3.8) is 0 Å². The number of hydrogen-bond donors (Lipinski definition) is 1. The van der Waals surface area contributed by atoms with Gasteiger partial charge in [-0.05, 0) is 103 Å². The summed E-state index contributed by atoms with van der Waals surface area (Å²) in [6.07, 6.45) is 8.05. The van der Waals surface area contributed by atoms with Crippen LogP contribution in [0.1, 0.15) is 35.6 Å². The lowest BCUT2D eigenvalue weighted by atomic mass is 10.1. The van der Waals surface area contributed by atoms with E-state index in [0.29, 0.717) is 15.8 Å². The summed E-state index contributed by atoms with van der Waals surface area (Å²) in [5, 5.41) is 3.39. The quantitative estimate of drug-likeness (QED) is 0.247. The Labute approximate surface area is 271 Å². The van der Waals surface area contributed by atoms with Gasteiger partial charge in [0, 0.05) is 53.2 Å². The third kappa shape index (κ3) is 7.73. The van der Waals surface area contributed by atoms with E-state index in [-0.39, 0.29) is 17.0 Å². The zero-order chi connectivity index (χ0) is 31.4. The van der Waals surface area contributed by atoms with Crippen LogP contribution < -0.4 is 10.2 Å². The van der Waals surface area contributed by atoms with Gasteiger partial charge in [-0.1, -0.05) is 24.0 Å². The van der Waals surface area contributed by atoms with Gasteiger partial charge < -0.3 is 10.2 Å². The number of hydrogen-bond acceptors (Lipinski definition) is 6. The maximum atomic E-state index is 13.3. The summed E-state index contributed by atoms with van der Waals surface area (Å²) in [5.74, 6) is 14.0. The number of aryl methyl sites for hydroxylation is 2. The van der Waals surface area contributed by atoms with Gasteiger partial charge in [-0.3, -0.25) is 9.97 Å². The van der Waals surface area contributed by atoms with E-state index in [1.54, 1.807) is 12.3 Å². The van der Waals surface area contributed by atoms with Crippen molar-refractivity contribution in [1.29, 1.82) is 0 Å². The molecule has 45 heavy (non-hydrogen) atoms. The number of halogens is 3. The van der Waals surface area contributed by atoms with E-state index in [9.17, 15) is 8.78 Å². The van der Waals surface area contributed by atoms with E-state index < -0.39 is 0 Å². The fourth-order valence-electron chi connectivity index (χ4n) is 5.97. The molecule has 4 aromatic rings. The van der Waals surface area contributed by atoms with Crippen LogP contribution in [0.3, 0.4) is 0 Å². The smallest absolute Gasteiger partial charge is 0.143 e. The van der Waals surface area contributed by atoms with E-state index in [4.69, 9.17) is 0 Å². The molecule has 4 unspecified atom stereocenters. The second-order valence-corrected chi connectivity index (χ2v) is 13.1. The maximum Gasteiger partial charge on any atom is 0.143 e. The molecule has 0 aromatic carbocycles.